The Morgan fingerprint density at radius 2 is 2.03 bits per heavy atom. The summed E-state index contributed by atoms with van der Waals surface area (Å²) in [6.45, 7) is 9.22. The summed E-state index contributed by atoms with van der Waals surface area (Å²) in [5.41, 5.74) is 2.93. The SMILES string of the molecule is Cc1nc2ncnn2c(C)c1CC(=O)O[C@@H](C)c1nc2sc(C)c(C)c2c(=O)[nH]1. The fourth-order valence-corrected chi connectivity index (χ4v) is 4.35. The zero-order valence-corrected chi connectivity index (χ0v) is 17.5. The molecule has 4 aromatic rings. The summed E-state index contributed by atoms with van der Waals surface area (Å²) in [7, 11) is 0. The molecule has 0 aliphatic heterocycles. The summed E-state index contributed by atoms with van der Waals surface area (Å²) < 4.78 is 7.14. The predicted octanol–water partition coefficient (Wildman–Crippen LogP) is 2.50. The van der Waals surface area contributed by atoms with Crippen LogP contribution < -0.4 is 5.56 Å². The second-order valence-corrected chi connectivity index (χ2v) is 8.16. The van der Waals surface area contributed by atoms with Crippen molar-refractivity contribution in [1.29, 1.82) is 0 Å². The van der Waals surface area contributed by atoms with Crippen molar-refractivity contribution in [3.05, 3.63) is 49.9 Å². The van der Waals surface area contributed by atoms with E-state index in [0.29, 0.717) is 27.5 Å². The number of aromatic amines is 1. The lowest BCUT2D eigenvalue weighted by Gasteiger charge is -2.14. The van der Waals surface area contributed by atoms with E-state index in [1.807, 2.05) is 27.7 Å². The molecule has 4 heterocycles. The van der Waals surface area contributed by atoms with Crippen molar-refractivity contribution in [2.75, 3.05) is 0 Å². The van der Waals surface area contributed by atoms with Crippen LogP contribution in [-0.4, -0.2) is 35.5 Å². The zero-order chi connectivity index (χ0) is 20.9. The van der Waals surface area contributed by atoms with E-state index in [9.17, 15) is 9.59 Å². The number of nitrogens with one attached hydrogen (secondary N) is 1. The largest absolute Gasteiger partial charge is 0.454 e. The number of carbonyl (C=O) groups is 1. The van der Waals surface area contributed by atoms with Crippen LogP contribution in [0.15, 0.2) is 11.1 Å². The van der Waals surface area contributed by atoms with E-state index in [2.05, 4.69) is 25.0 Å². The molecule has 4 aromatic heterocycles. The molecule has 0 amide bonds. The molecule has 0 saturated carbocycles. The van der Waals surface area contributed by atoms with Gasteiger partial charge in [-0.25, -0.2) is 14.5 Å². The van der Waals surface area contributed by atoms with Crippen molar-refractivity contribution in [2.45, 2.75) is 47.1 Å². The van der Waals surface area contributed by atoms with Gasteiger partial charge < -0.3 is 9.72 Å². The second-order valence-electron chi connectivity index (χ2n) is 6.96. The standard InChI is InChI=1S/C19H20N6O3S/c1-8-12(5)29-18-15(8)17(27)23-16(24-18)11(4)28-14(26)6-13-9(2)22-19-20-7-21-25(19)10(13)3/h7,11H,6H2,1-5H3,(H,23,24,27)/t11-/m0/s1. The van der Waals surface area contributed by atoms with Gasteiger partial charge in [0, 0.05) is 21.8 Å². The highest BCUT2D eigenvalue weighted by Gasteiger charge is 2.20. The molecule has 0 bridgehead atoms. The molecule has 0 saturated heterocycles. The van der Waals surface area contributed by atoms with Crippen molar-refractivity contribution in [3.63, 3.8) is 0 Å². The van der Waals surface area contributed by atoms with E-state index in [4.69, 9.17) is 4.74 Å². The molecule has 150 valence electrons. The highest BCUT2D eigenvalue weighted by molar-refractivity contribution is 7.18. The number of hydrogen-bond acceptors (Lipinski definition) is 8. The molecule has 10 heteroatoms. The Morgan fingerprint density at radius 3 is 2.79 bits per heavy atom. The van der Waals surface area contributed by atoms with Crippen molar-refractivity contribution in [3.8, 4) is 0 Å². The number of carbonyl (C=O) groups excluding carboxylic acids is 1. The molecule has 0 aliphatic rings. The number of fused-ring (bicyclic) bond motifs is 2. The minimum Gasteiger partial charge on any atom is -0.454 e. The molecule has 9 nitrogen and oxygen atoms in total. The lowest BCUT2D eigenvalue weighted by atomic mass is 10.1. The van der Waals surface area contributed by atoms with Crippen LogP contribution in [0.3, 0.4) is 0 Å². The summed E-state index contributed by atoms with van der Waals surface area (Å²) in [4.78, 5) is 42.4. The number of aromatic nitrogens is 6. The van der Waals surface area contributed by atoms with Crippen LogP contribution in [0.2, 0.25) is 0 Å². The molecule has 0 aliphatic carbocycles. The molecule has 0 aromatic carbocycles. The smallest absolute Gasteiger partial charge is 0.311 e. The van der Waals surface area contributed by atoms with Gasteiger partial charge in [0.15, 0.2) is 11.9 Å². The van der Waals surface area contributed by atoms with Crippen LogP contribution in [0, 0.1) is 27.7 Å². The number of thiophene rings is 1. The Hall–Kier alpha value is -3.14. The van der Waals surface area contributed by atoms with Gasteiger partial charge in [-0.2, -0.15) is 10.1 Å². The number of hydrogen-bond donors (Lipinski definition) is 1. The normalized spacial score (nSPS) is 12.6. The van der Waals surface area contributed by atoms with Gasteiger partial charge in [0.05, 0.1) is 11.8 Å². The van der Waals surface area contributed by atoms with Crippen molar-refractivity contribution in [2.24, 2.45) is 0 Å². The van der Waals surface area contributed by atoms with Crippen LogP contribution >= 0.6 is 11.3 Å². The fraction of sp³-hybridized carbons (Fsp3) is 0.368. The summed E-state index contributed by atoms with van der Waals surface area (Å²) in [6, 6.07) is 0. The molecule has 4 rings (SSSR count). The first-order chi connectivity index (χ1) is 13.8. The summed E-state index contributed by atoms with van der Waals surface area (Å²) >= 11 is 1.46. The van der Waals surface area contributed by atoms with Gasteiger partial charge in [0.25, 0.3) is 11.3 Å². The number of rotatable bonds is 4. The van der Waals surface area contributed by atoms with Gasteiger partial charge in [-0.1, -0.05) is 0 Å². The molecule has 29 heavy (non-hydrogen) atoms. The number of esters is 1. The quantitative estimate of drug-likeness (QED) is 0.512. The highest BCUT2D eigenvalue weighted by atomic mass is 32.1. The maximum Gasteiger partial charge on any atom is 0.311 e. The van der Waals surface area contributed by atoms with Gasteiger partial charge in [-0.05, 0) is 40.2 Å². The Labute approximate surface area is 169 Å². The third-order valence-electron chi connectivity index (χ3n) is 5.06. The lowest BCUT2D eigenvalue weighted by Crippen LogP contribution is -2.19. The van der Waals surface area contributed by atoms with E-state index in [1.54, 1.807) is 11.4 Å². The molecular weight excluding hydrogens is 392 g/mol. The second kappa shape index (κ2) is 7.03. The predicted molar refractivity (Wildman–Crippen MR) is 108 cm³/mol. The van der Waals surface area contributed by atoms with Gasteiger partial charge in [0.2, 0.25) is 0 Å². The average molecular weight is 412 g/mol. The number of ether oxygens (including phenoxy) is 1. The first-order valence-electron chi connectivity index (χ1n) is 9.11. The van der Waals surface area contributed by atoms with Crippen LogP contribution in [0.5, 0.6) is 0 Å². The summed E-state index contributed by atoms with van der Waals surface area (Å²) in [5.74, 6) is 0.378. The molecule has 0 fully saturated rings. The van der Waals surface area contributed by atoms with Gasteiger partial charge in [-0.15, -0.1) is 11.3 Å². The summed E-state index contributed by atoms with van der Waals surface area (Å²) in [6.07, 6.45) is 0.769. The summed E-state index contributed by atoms with van der Waals surface area (Å²) in [5, 5.41) is 4.72. The van der Waals surface area contributed by atoms with Crippen molar-refractivity contribution in [1.82, 2.24) is 29.5 Å². The maximum absolute atomic E-state index is 12.6. The minimum atomic E-state index is -0.689. The lowest BCUT2D eigenvalue weighted by molar-refractivity contribution is -0.148. The minimum absolute atomic E-state index is 0.0362. The van der Waals surface area contributed by atoms with Crippen molar-refractivity contribution >= 4 is 33.3 Å². The van der Waals surface area contributed by atoms with E-state index < -0.39 is 12.1 Å². The van der Waals surface area contributed by atoms with Crippen LogP contribution in [-0.2, 0) is 16.0 Å². The monoisotopic (exact) mass is 412 g/mol. The first kappa shape index (κ1) is 19.2. The van der Waals surface area contributed by atoms with E-state index in [0.717, 1.165) is 21.7 Å². The van der Waals surface area contributed by atoms with Crippen molar-refractivity contribution < 1.29 is 9.53 Å². The number of nitrogens with zero attached hydrogens (tertiary/aromatic N) is 5. The Kier molecular flexibility index (Phi) is 4.65. The van der Waals surface area contributed by atoms with Gasteiger partial charge >= 0.3 is 5.97 Å². The fourth-order valence-electron chi connectivity index (χ4n) is 3.31. The average Bonchev–Trinajstić information content (AvgIpc) is 3.23. The topological polar surface area (TPSA) is 115 Å². The molecule has 1 atom stereocenters. The number of H-pyrrole nitrogens is 1. The molecule has 0 radical (unpaired) electrons. The molecule has 0 unspecified atom stereocenters. The van der Waals surface area contributed by atoms with Crippen LogP contribution in [0.25, 0.3) is 16.0 Å². The van der Waals surface area contributed by atoms with E-state index in [1.165, 1.54) is 17.7 Å². The maximum atomic E-state index is 12.6. The van der Waals surface area contributed by atoms with Gasteiger partial charge in [-0.3, -0.25) is 9.59 Å². The number of aryl methyl sites for hydroxylation is 4. The van der Waals surface area contributed by atoms with Crippen LogP contribution in [0.1, 0.15) is 46.2 Å². The molecular formula is C19H20N6O3S. The Bertz CT molecular complexity index is 1320. The third kappa shape index (κ3) is 3.29. The first-order valence-corrected chi connectivity index (χ1v) is 9.93. The highest BCUT2D eigenvalue weighted by Crippen LogP contribution is 2.27. The third-order valence-corrected chi connectivity index (χ3v) is 6.16. The van der Waals surface area contributed by atoms with Crippen LogP contribution in [0.4, 0.5) is 0 Å². The zero-order valence-electron chi connectivity index (χ0n) is 16.7. The Balaban J connectivity index is 1.58. The molecule has 1 N–H and O–H groups in total. The van der Waals surface area contributed by atoms with E-state index >= 15 is 0 Å². The Morgan fingerprint density at radius 1 is 1.28 bits per heavy atom. The molecule has 0 spiro atoms. The van der Waals surface area contributed by atoms with E-state index in [-0.39, 0.29) is 12.0 Å². The van der Waals surface area contributed by atoms with Gasteiger partial charge in [0.1, 0.15) is 11.2 Å².